The lowest BCUT2D eigenvalue weighted by atomic mass is 10.3. The number of benzene rings is 1. The number of hydrazone groups is 1. The Hall–Kier alpha value is -2.08. The summed E-state index contributed by atoms with van der Waals surface area (Å²) in [5.74, 6) is 0.885. The van der Waals surface area contributed by atoms with Crippen molar-refractivity contribution in [2.24, 2.45) is 5.10 Å². The van der Waals surface area contributed by atoms with E-state index in [4.69, 9.17) is 9.15 Å². The van der Waals surface area contributed by atoms with Gasteiger partial charge in [-0.25, -0.2) is 5.43 Å². The van der Waals surface area contributed by atoms with Gasteiger partial charge in [0.2, 0.25) is 0 Å². The van der Waals surface area contributed by atoms with Gasteiger partial charge in [-0.05, 0) is 37.3 Å². The number of ether oxygens (including phenoxy) is 1. The first-order chi connectivity index (χ1) is 9.65. The van der Waals surface area contributed by atoms with Crippen molar-refractivity contribution in [2.75, 3.05) is 6.61 Å². The van der Waals surface area contributed by atoms with Crippen LogP contribution in [0, 0.1) is 0 Å². The zero-order chi connectivity index (χ0) is 14.4. The third-order valence-corrected chi connectivity index (χ3v) is 2.89. The minimum Gasteiger partial charge on any atom is -0.484 e. The van der Waals surface area contributed by atoms with Crippen molar-refractivity contribution in [3.8, 4) is 5.75 Å². The van der Waals surface area contributed by atoms with Crippen LogP contribution in [0.3, 0.4) is 0 Å². The van der Waals surface area contributed by atoms with Crippen LogP contribution in [0.2, 0.25) is 0 Å². The summed E-state index contributed by atoms with van der Waals surface area (Å²) in [6, 6.07) is 10.8. The number of hydrogen-bond acceptors (Lipinski definition) is 4. The lowest BCUT2D eigenvalue weighted by molar-refractivity contribution is -0.123. The number of carbonyl (C=O) groups excluding carboxylic acids is 1. The molecule has 0 spiro atoms. The van der Waals surface area contributed by atoms with Crippen LogP contribution >= 0.6 is 15.9 Å². The van der Waals surface area contributed by atoms with Crippen LogP contribution in [0.1, 0.15) is 12.7 Å². The first-order valence-corrected chi connectivity index (χ1v) is 6.70. The maximum absolute atomic E-state index is 11.6. The SMILES string of the molecule is C/C(=N/NC(=O)COc1cccc(Br)c1)c1ccco1. The maximum Gasteiger partial charge on any atom is 0.277 e. The van der Waals surface area contributed by atoms with Crippen molar-refractivity contribution in [1.82, 2.24) is 5.43 Å². The number of furan rings is 1. The van der Waals surface area contributed by atoms with Crippen molar-refractivity contribution < 1.29 is 13.9 Å². The van der Waals surface area contributed by atoms with Crippen LogP contribution in [0.25, 0.3) is 0 Å². The van der Waals surface area contributed by atoms with Gasteiger partial charge in [0.1, 0.15) is 17.2 Å². The standard InChI is InChI=1S/C14H13BrN2O3/c1-10(13-6-3-7-19-13)16-17-14(18)9-20-12-5-2-4-11(15)8-12/h2-8H,9H2,1H3,(H,17,18)/b16-10-. The monoisotopic (exact) mass is 336 g/mol. The number of rotatable bonds is 5. The summed E-state index contributed by atoms with van der Waals surface area (Å²) in [5.41, 5.74) is 3.00. The van der Waals surface area contributed by atoms with Gasteiger partial charge >= 0.3 is 0 Å². The normalized spacial score (nSPS) is 11.2. The Labute approximate surface area is 124 Å². The number of halogens is 1. The quantitative estimate of drug-likeness (QED) is 0.674. The average molecular weight is 337 g/mol. The smallest absolute Gasteiger partial charge is 0.277 e. The minimum atomic E-state index is -0.337. The lowest BCUT2D eigenvalue weighted by Crippen LogP contribution is -2.25. The molecule has 2 aromatic rings. The lowest BCUT2D eigenvalue weighted by Gasteiger charge is -2.05. The van der Waals surface area contributed by atoms with Crippen LogP contribution in [0.15, 0.2) is 56.7 Å². The molecule has 1 aromatic carbocycles. The average Bonchev–Trinajstić information content (AvgIpc) is 2.97. The van der Waals surface area contributed by atoms with Crippen molar-refractivity contribution in [2.45, 2.75) is 6.92 Å². The van der Waals surface area contributed by atoms with E-state index in [2.05, 4.69) is 26.5 Å². The molecule has 5 nitrogen and oxygen atoms in total. The zero-order valence-electron chi connectivity index (χ0n) is 10.8. The second kappa shape index (κ2) is 6.91. The highest BCUT2D eigenvalue weighted by Gasteiger charge is 2.04. The predicted molar refractivity (Wildman–Crippen MR) is 78.7 cm³/mol. The second-order valence-corrected chi connectivity index (χ2v) is 4.87. The molecule has 0 bridgehead atoms. The van der Waals surface area contributed by atoms with E-state index in [1.807, 2.05) is 12.1 Å². The number of hydrogen-bond donors (Lipinski definition) is 1. The number of carbonyl (C=O) groups is 1. The first-order valence-electron chi connectivity index (χ1n) is 5.90. The van der Waals surface area contributed by atoms with Crippen molar-refractivity contribution in [1.29, 1.82) is 0 Å². The molecule has 0 fully saturated rings. The van der Waals surface area contributed by atoms with Crippen LogP contribution in [0.4, 0.5) is 0 Å². The number of nitrogens with zero attached hydrogens (tertiary/aromatic N) is 1. The van der Waals surface area contributed by atoms with E-state index in [0.29, 0.717) is 17.2 Å². The Kier molecular flexibility index (Phi) is 4.95. The Bertz CT molecular complexity index is 609. The molecule has 0 radical (unpaired) electrons. The van der Waals surface area contributed by atoms with E-state index in [1.54, 1.807) is 37.5 Å². The van der Waals surface area contributed by atoms with Crippen molar-refractivity contribution in [3.05, 3.63) is 52.9 Å². The van der Waals surface area contributed by atoms with Gasteiger partial charge in [0.05, 0.1) is 6.26 Å². The Morgan fingerprint density at radius 3 is 2.95 bits per heavy atom. The van der Waals surface area contributed by atoms with Crippen molar-refractivity contribution >= 4 is 27.5 Å². The summed E-state index contributed by atoms with van der Waals surface area (Å²) in [4.78, 5) is 11.6. The Balaban J connectivity index is 1.83. The van der Waals surface area contributed by atoms with Gasteiger partial charge in [-0.3, -0.25) is 4.79 Å². The zero-order valence-corrected chi connectivity index (χ0v) is 12.4. The topological polar surface area (TPSA) is 63.8 Å². The first kappa shape index (κ1) is 14.3. The van der Waals surface area contributed by atoms with Crippen LogP contribution in [-0.2, 0) is 4.79 Å². The van der Waals surface area contributed by atoms with Crippen LogP contribution < -0.4 is 10.2 Å². The predicted octanol–water partition coefficient (Wildman–Crippen LogP) is 2.96. The summed E-state index contributed by atoms with van der Waals surface area (Å²) >= 11 is 3.33. The molecule has 0 saturated carbocycles. The molecule has 2 rings (SSSR count). The fourth-order valence-electron chi connectivity index (χ4n) is 1.42. The minimum absolute atomic E-state index is 0.106. The summed E-state index contributed by atoms with van der Waals surface area (Å²) in [6.07, 6.45) is 1.55. The molecule has 1 amide bonds. The van der Waals surface area contributed by atoms with Gasteiger partial charge in [-0.2, -0.15) is 5.10 Å². The van der Waals surface area contributed by atoms with E-state index >= 15 is 0 Å². The molecule has 0 aliphatic carbocycles. The van der Waals surface area contributed by atoms with E-state index < -0.39 is 0 Å². The number of amides is 1. The summed E-state index contributed by atoms with van der Waals surface area (Å²) in [5, 5.41) is 3.93. The number of nitrogens with one attached hydrogen (secondary N) is 1. The van der Waals surface area contributed by atoms with Crippen LogP contribution in [-0.4, -0.2) is 18.2 Å². The summed E-state index contributed by atoms with van der Waals surface area (Å²) in [7, 11) is 0. The third-order valence-electron chi connectivity index (χ3n) is 2.39. The molecule has 0 aliphatic heterocycles. The molecule has 20 heavy (non-hydrogen) atoms. The van der Waals surface area contributed by atoms with E-state index in [0.717, 1.165) is 4.47 Å². The van der Waals surface area contributed by atoms with E-state index in [-0.39, 0.29) is 12.5 Å². The highest BCUT2D eigenvalue weighted by atomic mass is 79.9. The van der Waals surface area contributed by atoms with Gasteiger partial charge in [-0.15, -0.1) is 0 Å². The maximum atomic E-state index is 11.6. The molecule has 0 atom stereocenters. The molecule has 1 N–H and O–H groups in total. The highest BCUT2D eigenvalue weighted by molar-refractivity contribution is 9.10. The molecule has 1 heterocycles. The summed E-state index contributed by atoms with van der Waals surface area (Å²) < 4.78 is 11.4. The summed E-state index contributed by atoms with van der Waals surface area (Å²) in [6.45, 7) is 1.64. The molecule has 6 heteroatoms. The van der Waals surface area contributed by atoms with E-state index in [9.17, 15) is 4.79 Å². The van der Waals surface area contributed by atoms with Gasteiger partial charge in [-0.1, -0.05) is 22.0 Å². The highest BCUT2D eigenvalue weighted by Crippen LogP contribution is 2.17. The van der Waals surface area contributed by atoms with Crippen LogP contribution in [0.5, 0.6) is 5.75 Å². The molecular weight excluding hydrogens is 324 g/mol. The molecular formula is C14H13BrN2O3. The largest absolute Gasteiger partial charge is 0.484 e. The molecule has 0 aliphatic rings. The molecule has 0 saturated heterocycles. The van der Waals surface area contributed by atoms with Crippen molar-refractivity contribution in [3.63, 3.8) is 0 Å². The Morgan fingerprint density at radius 1 is 1.40 bits per heavy atom. The molecule has 0 unspecified atom stereocenters. The fourth-order valence-corrected chi connectivity index (χ4v) is 1.80. The molecule has 1 aromatic heterocycles. The molecule has 104 valence electrons. The second-order valence-electron chi connectivity index (χ2n) is 3.96. The van der Waals surface area contributed by atoms with E-state index in [1.165, 1.54) is 0 Å². The fraction of sp³-hybridized carbons (Fsp3) is 0.143. The van der Waals surface area contributed by atoms with Gasteiger partial charge in [0, 0.05) is 4.47 Å². The van der Waals surface area contributed by atoms with Gasteiger partial charge in [0.25, 0.3) is 5.91 Å². The Morgan fingerprint density at radius 2 is 2.25 bits per heavy atom. The van der Waals surface area contributed by atoms with Gasteiger partial charge < -0.3 is 9.15 Å². The van der Waals surface area contributed by atoms with Gasteiger partial charge in [0.15, 0.2) is 6.61 Å². The third kappa shape index (κ3) is 4.24.